The van der Waals surface area contributed by atoms with Crippen molar-refractivity contribution in [1.82, 2.24) is 15.1 Å². The molecule has 1 amide bonds. The van der Waals surface area contributed by atoms with Gasteiger partial charge in [-0.1, -0.05) is 35.9 Å². The van der Waals surface area contributed by atoms with Gasteiger partial charge in [-0.05, 0) is 30.4 Å². The van der Waals surface area contributed by atoms with Gasteiger partial charge in [0.05, 0.1) is 17.3 Å². The van der Waals surface area contributed by atoms with Gasteiger partial charge >= 0.3 is 0 Å². The van der Waals surface area contributed by atoms with Gasteiger partial charge in [0.25, 0.3) is 0 Å². The highest BCUT2D eigenvalue weighted by Gasteiger charge is 2.21. The van der Waals surface area contributed by atoms with E-state index in [1.165, 1.54) is 11.1 Å². The van der Waals surface area contributed by atoms with Gasteiger partial charge in [0.1, 0.15) is 0 Å². The summed E-state index contributed by atoms with van der Waals surface area (Å²) in [5.41, 5.74) is 2.62. The normalized spacial score (nSPS) is 17.3. The Morgan fingerprint density at radius 2 is 2.29 bits per heavy atom. The van der Waals surface area contributed by atoms with E-state index in [-0.39, 0.29) is 11.9 Å². The Hall–Kier alpha value is -1.81. The van der Waals surface area contributed by atoms with Gasteiger partial charge in [-0.25, -0.2) is 0 Å². The van der Waals surface area contributed by atoms with Gasteiger partial charge in [-0.3, -0.25) is 9.48 Å². The number of amides is 1. The van der Waals surface area contributed by atoms with E-state index >= 15 is 0 Å². The van der Waals surface area contributed by atoms with E-state index in [9.17, 15) is 4.79 Å². The second kappa shape index (κ2) is 6.31. The van der Waals surface area contributed by atoms with Gasteiger partial charge < -0.3 is 5.32 Å². The molecule has 0 radical (unpaired) electrons. The second-order valence-electron chi connectivity index (χ2n) is 5.38. The summed E-state index contributed by atoms with van der Waals surface area (Å²) in [6.45, 7) is 0.549. The standard InChI is InChI=1S/C16H18ClN3O/c17-13-10-18-20(11-13)9-8-16(21)19-15-7-3-5-12-4-1-2-6-14(12)15/h1-2,4,6,10-11,15H,3,5,7-9H2,(H,19,21)/t15-/m0/s1. The van der Waals surface area contributed by atoms with Gasteiger partial charge in [-0.2, -0.15) is 5.10 Å². The third-order valence-corrected chi connectivity index (χ3v) is 4.07. The minimum absolute atomic E-state index is 0.0586. The fourth-order valence-corrected chi connectivity index (χ4v) is 3.00. The molecule has 1 aliphatic rings. The summed E-state index contributed by atoms with van der Waals surface area (Å²) in [5.74, 6) is 0.0586. The molecule has 2 aromatic rings. The highest BCUT2D eigenvalue weighted by atomic mass is 35.5. The average molecular weight is 304 g/mol. The van der Waals surface area contributed by atoms with Crippen LogP contribution in [-0.2, 0) is 17.8 Å². The largest absolute Gasteiger partial charge is 0.349 e. The number of halogens is 1. The molecule has 0 aliphatic heterocycles. The molecule has 3 rings (SSSR count). The topological polar surface area (TPSA) is 46.9 Å². The maximum atomic E-state index is 12.1. The summed E-state index contributed by atoms with van der Waals surface area (Å²) >= 11 is 5.80. The predicted molar refractivity (Wildman–Crippen MR) is 82.1 cm³/mol. The quantitative estimate of drug-likeness (QED) is 0.943. The lowest BCUT2D eigenvalue weighted by molar-refractivity contribution is -0.122. The van der Waals surface area contributed by atoms with E-state index in [2.05, 4.69) is 28.6 Å². The molecule has 0 spiro atoms. The third kappa shape index (κ3) is 3.45. The van der Waals surface area contributed by atoms with Crippen LogP contribution in [0, 0.1) is 0 Å². The first-order valence-corrected chi connectivity index (χ1v) is 7.65. The minimum Gasteiger partial charge on any atom is -0.349 e. The molecule has 0 fully saturated rings. The Labute approximate surface area is 129 Å². The number of nitrogens with zero attached hydrogens (tertiary/aromatic N) is 2. The number of carbonyl (C=O) groups is 1. The zero-order valence-corrected chi connectivity index (χ0v) is 12.5. The van der Waals surface area contributed by atoms with Crippen molar-refractivity contribution in [3.05, 3.63) is 52.8 Å². The monoisotopic (exact) mass is 303 g/mol. The lowest BCUT2D eigenvalue weighted by atomic mass is 9.88. The summed E-state index contributed by atoms with van der Waals surface area (Å²) in [6, 6.07) is 8.51. The number of aryl methyl sites for hydroxylation is 2. The summed E-state index contributed by atoms with van der Waals surface area (Å²) in [4.78, 5) is 12.1. The molecule has 1 atom stereocenters. The van der Waals surface area contributed by atoms with Crippen LogP contribution in [0.15, 0.2) is 36.7 Å². The predicted octanol–water partition coefficient (Wildman–Crippen LogP) is 3.12. The van der Waals surface area contributed by atoms with Crippen LogP contribution in [0.1, 0.15) is 36.4 Å². The van der Waals surface area contributed by atoms with Crippen LogP contribution < -0.4 is 5.32 Å². The van der Waals surface area contributed by atoms with Crippen LogP contribution in [-0.4, -0.2) is 15.7 Å². The Balaban J connectivity index is 1.58. The first-order chi connectivity index (χ1) is 10.2. The van der Waals surface area contributed by atoms with Gasteiger partial charge in [0, 0.05) is 19.2 Å². The highest BCUT2D eigenvalue weighted by molar-refractivity contribution is 6.30. The zero-order chi connectivity index (χ0) is 14.7. The number of hydrogen-bond acceptors (Lipinski definition) is 2. The lowest BCUT2D eigenvalue weighted by Crippen LogP contribution is -2.31. The molecule has 1 aromatic carbocycles. The molecule has 1 heterocycles. The molecule has 21 heavy (non-hydrogen) atoms. The van der Waals surface area contributed by atoms with E-state index in [0.29, 0.717) is 18.0 Å². The van der Waals surface area contributed by atoms with Crippen LogP contribution in [0.3, 0.4) is 0 Å². The van der Waals surface area contributed by atoms with Crippen molar-refractivity contribution in [1.29, 1.82) is 0 Å². The van der Waals surface area contributed by atoms with E-state index < -0.39 is 0 Å². The van der Waals surface area contributed by atoms with Crippen LogP contribution in [0.5, 0.6) is 0 Å². The summed E-state index contributed by atoms with van der Waals surface area (Å²) in [5, 5.41) is 7.81. The van der Waals surface area contributed by atoms with Crippen molar-refractivity contribution >= 4 is 17.5 Å². The van der Waals surface area contributed by atoms with Crippen LogP contribution in [0.25, 0.3) is 0 Å². The first-order valence-electron chi connectivity index (χ1n) is 7.27. The Morgan fingerprint density at radius 3 is 3.10 bits per heavy atom. The van der Waals surface area contributed by atoms with E-state index in [1.807, 2.05) is 6.07 Å². The Bertz CT molecular complexity index is 638. The second-order valence-corrected chi connectivity index (χ2v) is 5.82. The number of aromatic nitrogens is 2. The van der Waals surface area contributed by atoms with Gasteiger partial charge in [-0.15, -0.1) is 0 Å². The minimum atomic E-state index is 0.0586. The maximum absolute atomic E-state index is 12.1. The van der Waals surface area contributed by atoms with E-state index in [0.717, 1.165) is 19.3 Å². The Morgan fingerprint density at radius 1 is 1.43 bits per heavy atom. The van der Waals surface area contributed by atoms with Crippen molar-refractivity contribution in [2.45, 2.75) is 38.3 Å². The SMILES string of the molecule is O=C(CCn1cc(Cl)cn1)N[C@H]1CCCc2ccccc21. The summed E-state index contributed by atoms with van der Waals surface area (Å²) in [7, 11) is 0. The van der Waals surface area contributed by atoms with Crippen molar-refractivity contribution in [3.8, 4) is 0 Å². The zero-order valence-electron chi connectivity index (χ0n) is 11.8. The van der Waals surface area contributed by atoms with Crippen LogP contribution >= 0.6 is 11.6 Å². The Kier molecular flexibility index (Phi) is 4.25. The van der Waals surface area contributed by atoms with Gasteiger partial charge in [0.2, 0.25) is 5.91 Å². The molecule has 1 N–H and O–H groups in total. The number of rotatable bonds is 4. The third-order valence-electron chi connectivity index (χ3n) is 3.87. The van der Waals surface area contributed by atoms with E-state index in [1.54, 1.807) is 17.1 Å². The first kappa shape index (κ1) is 14.1. The molecule has 0 saturated heterocycles. The molecule has 0 unspecified atom stereocenters. The average Bonchev–Trinajstić information content (AvgIpc) is 2.91. The molecule has 4 nitrogen and oxygen atoms in total. The van der Waals surface area contributed by atoms with Crippen molar-refractivity contribution in [2.75, 3.05) is 0 Å². The number of benzene rings is 1. The molecule has 1 aromatic heterocycles. The van der Waals surface area contributed by atoms with E-state index in [4.69, 9.17) is 11.6 Å². The van der Waals surface area contributed by atoms with Crippen molar-refractivity contribution in [3.63, 3.8) is 0 Å². The molecule has 0 bridgehead atoms. The maximum Gasteiger partial charge on any atom is 0.222 e. The highest BCUT2D eigenvalue weighted by Crippen LogP contribution is 2.29. The van der Waals surface area contributed by atoms with Crippen LogP contribution in [0.4, 0.5) is 0 Å². The van der Waals surface area contributed by atoms with Gasteiger partial charge in [0.15, 0.2) is 0 Å². The number of carbonyl (C=O) groups excluding carboxylic acids is 1. The number of fused-ring (bicyclic) bond motifs is 1. The molecular weight excluding hydrogens is 286 g/mol. The summed E-state index contributed by atoms with van der Waals surface area (Å²) in [6.07, 6.45) is 6.96. The molecule has 110 valence electrons. The molecule has 1 aliphatic carbocycles. The fraction of sp³-hybridized carbons (Fsp3) is 0.375. The smallest absolute Gasteiger partial charge is 0.222 e. The van der Waals surface area contributed by atoms with Crippen LogP contribution in [0.2, 0.25) is 5.02 Å². The lowest BCUT2D eigenvalue weighted by Gasteiger charge is -2.26. The molecular formula is C16H18ClN3O. The summed E-state index contributed by atoms with van der Waals surface area (Å²) < 4.78 is 1.69. The van der Waals surface area contributed by atoms with Crippen molar-refractivity contribution < 1.29 is 4.79 Å². The molecule has 0 saturated carbocycles. The number of nitrogens with one attached hydrogen (secondary N) is 1. The molecule has 5 heteroatoms. The number of hydrogen-bond donors (Lipinski definition) is 1. The van der Waals surface area contributed by atoms with Crippen molar-refractivity contribution in [2.24, 2.45) is 0 Å². The fourth-order valence-electron chi connectivity index (χ4n) is 2.85.